The summed E-state index contributed by atoms with van der Waals surface area (Å²) >= 11 is 0. The van der Waals surface area contributed by atoms with Crippen LogP contribution in [-0.4, -0.2) is 91.9 Å². The Morgan fingerprint density at radius 3 is 2.25 bits per heavy atom. The summed E-state index contributed by atoms with van der Waals surface area (Å²) in [4.78, 5) is 46.5. The number of para-hydroxylation sites is 2. The second-order valence-electron chi connectivity index (χ2n) is 9.03. The van der Waals surface area contributed by atoms with Gasteiger partial charge >= 0.3 is 0 Å². The molecule has 0 saturated carbocycles. The first-order valence-corrected chi connectivity index (χ1v) is 11.8. The van der Waals surface area contributed by atoms with Crippen molar-refractivity contribution in [1.29, 1.82) is 0 Å². The lowest BCUT2D eigenvalue weighted by Crippen LogP contribution is -2.51. The van der Waals surface area contributed by atoms with Gasteiger partial charge < -0.3 is 24.3 Å². The number of hydrogen-bond acceptors (Lipinski definition) is 5. The van der Waals surface area contributed by atoms with Gasteiger partial charge in [-0.25, -0.2) is 0 Å². The SMILES string of the molecule is CCOc1ccccc1N1CC(C(=O)N2CCC(C(=O)N3CCN(C)CC3)CC2)CC1=O. The molecule has 3 fully saturated rings. The number of rotatable bonds is 5. The van der Waals surface area contributed by atoms with Crippen LogP contribution in [0.15, 0.2) is 24.3 Å². The number of piperidine rings is 1. The molecule has 1 aromatic carbocycles. The van der Waals surface area contributed by atoms with Crippen LogP contribution in [0.4, 0.5) is 5.69 Å². The Labute approximate surface area is 190 Å². The molecular weight excluding hydrogens is 408 g/mol. The molecule has 1 aromatic rings. The van der Waals surface area contributed by atoms with Crippen LogP contribution in [0, 0.1) is 11.8 Å². The average molecular weight is 443 g/mol. The van der Waals surface area contributed by atoms with Crippen LogP contribution in [0.2, 0.25) is 0 Å². The topological polar surface area (TPSA) is 73.4 Å². The molecule has 1 unspecified atom stereocenters. The monoisotopic (exact) mass is 442 g/mol. The summed E-state index contributed by atoms with van der Waals surface area (Å²) in [7, 11) is 2.08. The van der Waals surface area contributed by atoms with Crippen LogP contribution < -0.4 is 9.64 Å². The fourth-order valence-electron chi connectivity index (χ4n) is 4.95. The second-order valence-corrected chi connectivity index (χ2v) is 9.03. The van der Waals surface area contributed by atoms with Crippen molar-refractivity contribution in [2.45, 2.75) is 26.2 Å². The molecule has 0 aromatic heterocycles. The molecule has 0 N–H and O–H groups in total. The van der Waals surface area contributed by atoms with Gasteiger partial charge in [-0.15, -0.1) is 0 Å². The fourth-order valence-corrected chi connectivity index (χ4v) is 4.95. The molecule has 3 heterocycles. The highest BCUT2D eigenvalue weighted by molar-refractivity contribution is 6.01. The Bertz CT molecular complexity index is 844. The molecule has 8 heteroatoms. The quantitative estimate of drug-likeness (QED) is 0.690. The molecule has 0 aliphatic carbocycles. The van der Waals surface area contributed by atoms with E-state index in [1.54, 1.807) is 4.90 Å². The Kier molecular flexibility index (Phi) is 6.98. The highest BCUT2D eigenvalue weighted by Gasteiger charge is 2.40. The van der Waals surface area contributed by atoms with Crippen molar-refractivity contribution < 1.29 is 19.1 Å². The Morgan fingerprint density at radius 2 is 1.56 bits per heavy atom. The number of piperazine rings is 1. The van der Waals surface area contributed by atoms with Crippen LogP contribution in [-0.2, 0) is 14.4 Å². The van der Waals surface area contributed by atoms with Gasteiger partial charge in [0.2, 0.25) is 17.7 Å². The molecular formula is C24H34N4O4. The predicted octanol–water partition coefficient (Wildman–Crippen LogP) is 1.45. The number of benzene rings is 1. The minimum atomic E-state index is -0.345. The summed E-state index contributed by atoms with van der Waals surface area (Å²) < 4.78 is 5.67. The Morgan fingerprint density at radius 1 is 0.938 bits per heavy atom. The van der Waals surface area contributed by atoms with Gasteiger partial charge in [-0.3, -0.25) is 14.4 Å². The first kappa shape index (κ1) is 22.6. The number of anilines is 1. The number of ether oxygens (including phenoxy) is 1. The normalized spacial score (nSPS) is 23.0. The minimum absolute atomic E-state index is 0.00207. The van der Waals surface area contributed by atoms with E-state index >= 15 is 0 Å². The van der Waals surface area contributed by atoms with E-state index in [0.717, 1.165) is 31.9 Å². The minimum Gasteiger partial charge on any atom is -0.492 e. The molecule has 0 spiro atoms. The van der Waals surface area contributed by atoms with Gasteiger partial charge in [-0.05, 0) is 38.9 Å². The average Bonchev–Trinajstić information content (AvgIpc) is 3.20. The van der Waals surface area contributed by atoms with Gasteiger partial charge in [0.25, 0.3) is 0 Å². The van der Waals surface area contributed by atoms with Gasteiger partial charge in [0.1, 0.15) is 5.75 Å². The van der Waals surface area contributed by atoms with Gasteiger partial charge in [-0.1, -0.05) is 12.1 Å². The van der Waals surface area contributed by atoms with E-state index in [4.69, 9.17) is 4.74 Å². The summed E-state index contributed by atoms with van der Waals surface area (Å²) in [6.45, 7) is 7.39. The summed E-state index contributed by atoms with van der Waals surface area (Å²) in [6.07, 6.45) is 1.63. The first-order valence-electron chi connectivity index (χ1n) is 11.8. The number of hydrogen-bond donors (Lipinski definition) is 0. The largest absolute Gasteiger partial charge is 0.492 e. The maximum Gasteiger partial charge on any atom is 0.228 e. The van der Waals surface area contributed by atoms with E-state index in [1.165, 1.54) is 0 Å². The maximum absolute atomic E-state index is 13.2. The molecule has 3 aliphatic heterocycles. The van der Waals surface area contributed by atoms with Crippen molar-refractivity contribution in [2.24, 2.45) is 11.8 Å². The van der Waals surface area contributed by atoms with Crippen LogP contribution in [0.25, 0.3) is 0 Å². The highest BCUT2D eigenvalue weighted by Crippen LogP contribution is 2.34. The number of carbonyl (C=O) groups is 3. The van der Waals surface area contributed by atoms with E-state index in [1.807, 2.05) is 41.0 Å². The summed E-state index contributed by atoms with van der Waals surface area (Å²) in [6, 6.07) is 7.47. The predicted molar refractivity (Wildman–Crippen MR) is 121 cm³/mol. The van der Waals surface area contributed by atoms with E-state index in [0.29, 0.717) is 44.8 Å². The third-order valence-corrected chi connectivity index (χ3v) is 6.90. The number of likely N-dealkylation sites (tertiary alicyclic amines) is 1. The first-order chi connectivity index (χ1) is 15.5. The van der Waals surface area contributed by atoms with E-state index in [2.05, 4.69) is 11.9 Å². The molecule has 8 nitrogen and oxygen atoms in total. The van der Waals surface area contributed by atoms with Gasteiger partial charge in [0, 0.05) is 58.2 Å². The molecule has 4 rings (SSSR count). The maximum atomic E-state index is 13.2. The zero-order valence-electron chi connectivity index (χ0n) is 19.2. The third kappa shape index (κ3) is 4.75. The van der Waals surface area contributed by atoms with Gasteiger partial charge in [0.05, 0.1) is 18.2 Å². The summed E-state index contributed by atoms with van der Waals surface area (Å²) in [5, 5.41) is 0. The van der Waals surface area contributed by atoms with E-state index in [-0.39, 0.29) is 36.0 Å². The highest BCUT2D eigenvalue weighted by atomic mass is 16.5. The number of carbonyl (C=O) groups excluding carboxylic acids is 3. The molecule has 0 radical (unpaired) electrons. The fraction of sp³-hybridized carbons (Fsp3) is 0.625. The summed E-state index contributed by atoms with van der Waals surface area (Å²) in [5.74, 6) is 0.541. The summed E-state index contributed by atoms with van der Waals surface area (Å²) in [5.41, 5.74) is 0.728. The Balaban J connectivity index is 1.32. The van der Waals surface area contributed by atoms with Crippen molar-refractivity contribution >= 4 is 23.4 Å². The number of amides is 3. The molecule has 1 atom stereocenters. The number of nitrogens with zero attached hydrogens (tertiary/aromatic N) is 4. The van der Waals surface area contributed by atoms with E-state index in [9.17, 15) is 14.4 Å². The lowest BCUT2D eigenvalue weighted by molar-refractivity contribution is -0.143. The lowest BCUT2D eigenvalue weighted by atomic mass is 9.93. The van der Waals surface area contributed by atoms with Crippen molar-refractivity contribution in [1.82, 2.24) is 14.7 Å². The van der Waals surface area contributed by atoms with Crippen LogP contribution in [0.3, 0.4) is 0 Å². The van der Waals surface area contributed by atoms with E-state index < -0.39 is 0 Å². The number of likely N-dealkylation sites (N-methyl/N-ethyl adjacent to an activating group) is 1. The molecule has 3 saturated heterocycles. The molecule has 3 amide bonds. The van der Waals surface area contributed by atoms with Gasteiger partial charge in [0.15, 0.2) is 0 Å². The second kappa shape index (κ2) is 9.90. The third-order valence-electron chi connectivity index (χ3n) is 6.90. The smallest absolute Gasteiger partial charge is 0.228 e. The molecule has 0 bridgehead atoms. The molecule has 174 valence electrons. The van der Waals surface area contributed by atoms with Crippen molar-refractivity contribution in [3.63, 3.8) is 0 Å². The molecule has 32 heavy (non-hydrogen) atoms. The van der Waals surface area contributed by atoms with Crippen LogP contribution in [0.1, 0.15) is 26.2 Å². The van der Waals surface area contributed by atoms with Crippen LogP contribution in [0.5, 0.6) is 5.75 Å². The molecule has 3 aliphatic rings. The zero-order chi connectivity index (χ0) is 22.7. The van der Waals surface area contributed by atoms with Crippen molar-refractivity contribution in [2.75, 3.05) is 64.4 Å². The van der Waals surface area contributed by atoms with Crippen molar-refractivity contribution in [3.8, 4) is 5.75 Å². The zero-order valence-corrected chi connectivity index (χ0v) is 19.2. The Hall–Kier alpha value is -2.61. The van der Waals surface area contributed by atoms with Crippen molar-refractivity contribution in [3.05, 3.63) is 24.3 Å². The standard InChI is InChI=1S/C24H34N4O4/c1-3-32-21-7-5-4-6-20(21)28-17-19(16-22(28)29)24(31)26-10-8-18(9-11-26)23(30)27-14-12-25(2)13-15-27/h4-7,18-19H,3,8-17H2,1-2H3. The van der Waals surface area contributed by atoms with Gasteiger partial charge in [-0.2, -0.15) is 0 Å². The lowest BCUT2D eigenvalue weighted by Gasteiger charge is -2.38. The van der Waals surface area contributed by atoms with Crippen LogP contribution >= 0.6 is 0 Å².